The molecule has 0 bridgehead atoms. The van der Waals surface area contributed by atoms with Crippen molar-refractivity contribution < 1.29 is 25.8 Å². The first-order valence-corrected chi connectivity index (χ1v) is 5.63. The predicted molar refractivity (Wildman–Crippen MR) is 48.2 cm³/mol. The number of halogens is 3. The van der Waals surface area contributed by atoms with Crippen LogP contribution >= 0.6 is 0 Å². The molecule has 16 heavy (non-hydrogen) atoms. The van der Waals surface area contributed by atoms with Crippen molar-refractivity contribution in [2.24, 2.45) is 0 Å². The molecule has 5 nitrogen and oxygen atoms in total. The molecule has 0 fully saturated rings. The molecule has 0 saturated carbocycles. The molecule has 1 heterocycles. The van der Waals surface area contributed by atoms with Gasteiger partial charge in [-0.3, -0.25) is 0 Å². The van der Waals surface area contributed by atoms with Crippen molar-refractivity contribution in [3.05, 3.63) is 11.8 Å². The summed E-state index contributed by atoms with van der Waals surface area (Å²) in [5.74, 6) is -0.447. The average Bonchev–Trinajstić information content (AvgIpc) is 2.43. The number of hydrogen-bond acceptors (Lipinski definition) is 4. The summed E-state index contributed by atoms with van der Waals surface area (Å²) in [5.41, 5.74) is -5.07. The lowest BCUT2D eigenvalue weighted by atomic mass is 10.5. The normalized spacial score (nSPS) is 12.8. The first kappa shape index (κ1) is 12.8. The third-order valence-electron chi connectivity index (χ3n) is 1.64. The molecular formula is C7H9F3N2O3S. The lowest BCUT2D eigenvalue weighted by Crippen LogP contribution is -2.28. The molecule has 0 saturated heterocycles. The minimum Gasteiger partial charge on any atom is -0.356 e. The van der Waals surface area contributed by atoms with Crippen LogP contribution in [0.4, 0.5) is 13.2 Å². The van der Waals surface area contributed by atoms with Gasteiger partial charge in [-0.25, -0.2) is 4.68 Å². The van der Waals surface area contributed by atoms with E-state index >= 15 is 0 Å². The number of alkyl halides is 3. The standard InChI is InChI=1S/C7H9F3N2O3S/c1-3-12-6(4-5(2)11-12)15-16(13,14)7(8,9)10/h4H,3H2,1-2H3. The molecule has 0 spiro atoms. The van der Waals surface area contributed by atoms with E-state index in [4.69, 9.17) is 0 Å². The van der Waals surface area contributed by atoms with Gasteiger partial charge in [0.2, 0.25) is 5.88 Å². The lowest BCUT2D eigenvalue weighted by molar-refractivity contribution is -0.0502. The molecule has 0 unspecified atom stereocenters. The van der Waals surface area contributed by atoms with E-state index in [-0.39, 0.29) is 6.54 Å². The number of rotatable bonds is 3. The highest BCUT2D eigenvalue weighted by Crippen LogP contribution is 2.27. The SMILES string of the molecule is CCn1nc(C)cc1OS(=O)(=O)C(F)(F)F. The van der Waals surface area contributed by atoms with Crippen molar-refractivity contribution >= 4 is 10.1 Å². The summed E-state index contributed by atoms with van der Waals surface area (Å²) >= 11 is 0. The second kappa shape index (κ2) is 3.96. The van der Waals surface area contributed by atoms with E-state index < -0.39 is 21.5 Å². The minimum atomic E-state index is -5.63. The Morgan fingerprint density at radius 3 is 2.50 bits per heavy atom. The number of aromatic nitrogens is 2. The molecule has 0 aliphatic carbocycles. The summed E-state index contributed by atoms with van der Waals surface area (Å²) in [6.45, 7) is 3.31. The second-order valence-corrected chi connectivity index (χ2v) is 4.46. The van der Waals surface area contributed by atoms with E-state index in [1.54, 1.807) is 6.92 Å². The minimum absolute atomic E-state index is 0.205. The van der Waals surface area contributed by atoms with Crippen molar-refractivity contribution in [1.29, 1.82) is 0 Å². The Hall–Kier alpha value is -1.25. The van der Waals surface area contributed by atoms with Crippen LogP contribution in [0, 0.1) is 6.92 Å². The molecule has 0 amide bonds. The zero-order valence-corrected chi connectivity index (χ0v) is 9.26. The van der Waals surface area contributed by atoms with Gasteiger partial charge in [-0.2, -0.15) is 26.7 Å². The highest BCUT2D eigenvalue weighted by Gasteiger charge is 2.49. The van der Waals surface area contributed by atoms with Gasteiger partial charge in [0.1, 0.15) is 0 Å². The monoisotopic (exact) mass is 258 g/mol. The molecule has 92 valence electrons. The van der Waals surface area contributed by atoms with Gasteiger partial charge < -0.3 is 4.18 Å². The van der Waals surface area contributed by atoms with Crippen LogP contribution < -0.4 is 4.18 Å². The number of hydrogen-bond donors (Lipinski definition) is 0. The summed E-state index contributed by atoms with van der Waals surface area (Å²) in [7, 11) is -5.63. The Morgan fingerprint density at radius 2 is 2.06 bits per heavy atom. The van der Waals surface area contributed by atoms with Gasteiger partial charge in [0.05, 0.1) is 5.69 Å². The summed E-state index contributed by atoms with van der Waals surface area (Å²) < 4.78 is 62.5. The van der Waals surface area contributed by atoms with E-state index in [2.05, 4.69) is 9.28 Å². The maximum Gasteiger partial charge on any atom is 0.534 e. The third-order valence-corrected chi connectivity index (χ3v) is 2.60. The Kier molecular flexibility index (Phi) is 3.17. The van der Waals surface area contributed by atoms with E-state index in [1.165, 1.54) is 6.92 Å². The molecular weight excluding hydrogens is 249 g/mol. The van der Waals surface area contributed by atoms with Gasteiger partial charge in [-0.1, -0.05) is 0 Å². The Morgan fingerprint density at radius 1 is 1.50 bits per heavy atom. The summed E-state index contributed by atoms with van der Waals surface area (Å²) in [5, 5.41) is 3.76. The smallest absolute Gasteiger partial charge is 0.356 e. The van der Waals surface area contributed by atoms with Gasteiger partial charge in [0.25, 0.3) is 0 Å². The molecule has 1 rings (SSSR count). The third kappa shape index (κ3) is 2.46. The molecule has 9 heteroatoms. The topological polar surface area (TPSA) is 61.2 Å². The quantitative estimate of drug-likeness (QED) is 0.608. The Bertz CT molecular complexity index is 478. The zero-order valence-electron chi connectivity index (χ0n) is 8.45. The summed E-state index contributed by atoms with van der Waals surface area (Å²) in [4.78, 5) is 0. The number of aryl methyl sites for hydroxylation is 2. The van der Waals surface area contributed by atoms with Gasteiger partial charge in [-0.05, 0) is 13.8 Å². The van der Waals surface area contributed by atoms with Crippen molar-refractivity contribution in [3.8, 4) is 5.88 Å². The van der Waals surface area contributed by atoms with E-state index in [0.29, 0.717) is 5.69 Å². The highest BCUT2D eigenvalue weighted by atomic mass is 32.2. The van der Waals surface area contributed by atoms with Crippen molar-refractivity contribution in [2.75, 3.05) is 0 Å². The molecule has 0 aliphatic rings. The number of nitrogens with zero attached hydrogens (tertiary/aromatic N) is 2. The maximum atomic E-state index is 12.0. The van der Waals surface area contributed by atoms with Crippen LogP contribution in [0.1, 0.15) is 12.6 Å². The Balaban J connectivity index is 3.06. The van der Waals surface area contributed by atoms with Gasteiger partial charge in [0.15, 0.2) is 0 Å². The van der Waals surface area contributed by atoms with Crippen LogP contribution in [0.2, 0.25) is 0 Å². The van der Waals surface area contributed by atoms with Crippen molar-refractivity contribution in [3.63, 3.8) is 0 Å². The van der Waals surface area contributed by atoms with Crippen LogP contribution in [0.5, 0.6) is 5.88 Å². The van der Waals surface area contributed by atoms with Crippen LogP contribution in [-0.2, 0) is 16.7 Å². The predicted octanol–water partition coefficient (Wildman–Crippen LogP) is 1.44. The molecule has 0 radical (unpaired) electrons. The van der Waals surface area contributed by atoms with E-state index in [9.17, 15) is 21.6 Å². The first-order chi connectivity index (χ1) is 7.17. The molecule has 0 aliphatic heterocycles. The van der Waals surface area contributed by atoms with Crippen LogP contribution in [0.3, 0.4) is 0 Å². The molecule has 0 N–H and O–H groups in total. The summed E-state index contributed by atoms with van der Waals surface area (Å²) in [6.07, 6.45) is 0. The van der Waals surface area contributed by atoms with Crippen LogP contribution in [-0.4, -0.2) is 23.7 Å². The Labute approximate surface area is 89.9 Å². The van der Waals surface area contributed by atoms with Gasteiger partial charge in [0, 0.05) is 12.6 Å². The summed E-state index contributed by atoms with van der Waals surface area (Å²) in [6, 6.07) is 1.12. The van der Waals surface area contributed by atoms with Gasteiger partial charge >= 0.3 is 15.6 Å². The van der Waals surface area contributed by atoms with Crippen molar-refractivity contribution in [1.82, 2.24) is 9.78 Å². The zero-order chi connectivity index (χ0) is 12.6. The fraction of sp³-hybridized carbons (Fsp3) is 0.571. The largest absolute Gasteiger partial charge is 0.534 e. The molecule has 0 aromatic carbocycles. The fourth-order valence-corrected chi connectivity index (χ4v) is 1.43. The average molecular weight is 258 g/mol. The maximum absolute atomic E-state index is 12.0. The van der Waals surface area contributed by atoms with Crippen LogP contribution in [0.15, 0.2) is 6.07 Å². The first-order valence-electron chi connectivity index (χ1n) is 4.22. The second-order valence-electron chi connectivity index (χ2n) is 2.92. The molecule has 1 aromatic heterocycles. The van der Waals surface area contributed by atoms with Crippen LogP contribution in [0.25, 0.3) is 0 Å². The van der Waals surface area contributed by atoms with E-state index in [1.807, 2.05) is 0 Å². The molecule has 0 atom stereocenters. The highest BCUT2D eigenvalue weighted by molar-refractivity contribution is 7.87. The molecule has 1 aromatic rings. The fourth-order valence-electron chi connectivity index (χ4n) is 0.975. The lowest BCUT2D eigenvalue weighted by Gasteiger charge is -2.09. The van der Waals surface area contributed by atoms with Crippen molar-refractivity contribution in [2.45, 2.75) is 25.9 Å². The van der Waals surface area contributed by atoms with E-state index in [0.717, 1.165) is 10.7 Å². The van der Waals surface area contributed by atoms with Gasteiger partial charge in [-0.15, -0.1) is 0 Å².